The molecule has 0 radical (unpaired) electrons. The lowest BCUT2D eigenvalue weighted by Crippen LogP contribution is -2.55. The van der Waals surface area contributed by atoms with E-state index in [0.717, 1.165) is 35.5 Å². The highest BCUT2D eigenvalue weighted by atomic mass is 32.1. The van der Waals surface area contributed by atoms with Crippen LogP contribution in [0, 0.1) is 35.5 Å². The third-order valence-corrected chi connectivity index (χ3v) is 20.3. The normalized spacial score (nSPS) is 30.5. The van der Waals surface area contributed by atoms with Gasteiger partial charge in [0.1, 0.15) is 0 Å². The van der Waals surface area contributed by atoms with Gasteiger partial charge in [-0.25, -0.2) is 0 Å². The summed E-state index contributed by atoms with van der Waals surface area (Å²) in [5.41, 5.74) is 19.6. The summed E-state index contributed by atoms with van der Waals surface area (Å²) < 4.78 is 8.40. The van der Waals surface area contributed by atoms with Crippen LogP contribution in [0.1, 0.15) is 88.2 Å². The van der Waals surface area contributed by atoms with Crippen LogP contribution in [0.5, 0.6) is 0 Å². The monoisotopic (exact) mass is 816 g/mol. The molecule has 0 spiro atoms. The van der Waals surface area contributed by atoms with Gasteiger partial charge in [0.05, 0.1) is 15.7 Å². The first-order valence-corrected chi connectivity index (χ1v) is 25.2. The van der Waals surface area contributed by atoms with E-state index in [4.69, 9.17) is 0 Å². The summed E-state index contributed by atoms with van der Waals surface area (Å²) in [6, 6.07) is 46.5. The van der Waals surface area contributed by atoms with Gasteiger partial charge in [-0.15, -0.1) is 11.3 Å². The van der Waals surface area contributed by atoms with Crippen LogP contribution in [0.2, 0.25) is 0 Å². The van der Waals surface area contributed by atoms with Crippen molar-refractivity contribution in [2.24, 2.45) is 35.5 Å². The van der Waals surface area contributed by atoms with E-state index < -0.39 is 0 Å². The summed E-state index contributed by atoms with van der Waals surface area (Å²) in [4.78, 5) is 0. The van der Waals surface area contributed by atoms with E-state index in [9.17, 15) is 0 Å². The van der Waals surface area contributed by atoms with E-state index in [1.807, 2.05) is 11.3 Å². The molecule has 8 bridgehead atoms. The number of fused-ring (bicyclic) bond motifs is 12. The molecule has 4 heteroatoms. The Bertz CT molecular complexity index is 3430. The van der Waals surface area contributed by atoms with Gasteiger partial charge < -0.3 is 9.05 Å². The Morgan fingerprint density at radius 2 is 1.13 bits per heavy atom. The fraction of sp³-hybridized carbons (Fsp3) is 0.345. The van der Waals surface area contributed by atoms with Crippen LogP contribution in [0.4, 0.5) is 0 Å². The molecule has 8 aliphatic carbocycles. The fourth-order valence-electron chi connectivity index (χ4n) is 17.8. The van der Waals surface area contributed by atoms with E-state index in [2.05, 4.69) is 124 Å². The van der Waals surface area contributed by atoms with Gasteiger partial charge in [-0.2, -0.15) is 0 Å². The minimum atomic E-state index is 0.0968. The quantitative estimate of drug-likeness (QED) is 0.157. The highest BCUT2D eigenvalue weighted by Crippen LogP contribution is 2.63. The molecule has 2 nitrogen and oxygen atoms in total. The van der Waals surface area contributed by atoms with Crippen LogP contribution in [0.25, 0.3) is 81.0 Å². The number of nitrogens with zero attached hydrogens (tertiary/aromatic N) is 2. The second kappa shape index (κ2) is 11.2. The van der Waals surface area contributed by atoms with Gasteiger partial charge in [-0.3, -0.25) is 0 Å². The fourth-order valence-corrected chi connectivity index (χ4v) is 19.0. The van der Waals surface area contributed by atoms with Gasteiger partial charge >= 0.3 is 6.85 Å². The third kappa shape index (κ3) is 4.04. The Hall–Kier alpha value is -5.06. The number of hydrogen-bond donors (Lipinski definition) is 0. The van der Waals surface area contributed by atoms with Gasteiger partial charge in [0, 0.05) is 48.5 Å². The number of rotatable bonds is 3. The topological polar surface area (TPSA) is 9.86 Å². The molecule has 9 aromatic rings. The molecular formula is C58H49BN2S. The smallest absolute Gasteiger partial charge is 0.333 e. The summed E-state index contributed by atoms with van der Waals surface area (Å²) in [5.74, 6) is 5.54. The minimum absolute atomic E-state index is 0.0968. The van der Waals surface area contributed by atoms with Crippen LogP contribution < -0.4 is 10.9 Å². The predicted molar refractivity (Wildman–Crippen MR) is 260 cm³/mol. The van der Waals surface area contributed by atoms with Crippen molar-refractivity contribution < 1.29 is 0 Å². The molecule has 0 atom stereocenters. The number of hydrogen-bond acceptors (Lipinski definition) is 1. The van der Waals surface area contributed by atoms with Crippen LogP contribution >= 0.6 is 11.3 Å². The molecule has 3 aromatic heterocycles. The van der Waals surface area contributed by atoms with Crippen molar-refractivity contribution >= 4 is 82.1 Å². The second-order valence-corrected chi connectivity index (χ2v) is 23.5. The summed E-state index contributed by atoms with van der Waals surface area (Å²) in [5, 5.41) is 5.83. The lowest BCUT2D eigenvalue weighted by molar-refractivity contribution is -0.00527. The Kier molecular flexibility index (Phi) is 6.04. The third-order valence-electron chi connectivity index (χ3n) is 19.1. The van der Waals surface area contributed by atoms with E-state index in [-0.39, 0.29) is 6.85 Å². The van der Waals surface area contributed by atoms with Crippen molar-refractivity contribution in [3.63, 3.8) is 0 Å². The van der Waals surface area contributed by atoms with Crippen molar-refractivity contribution in [3.05, 3.63) is 126 Å². The second-order valence-electron chi connectivity index (χ2n) is 22.5. The molecule has 300 valence electrons. The highest BCUT2D eigenvalue weighted by molar-refractivity contribution is 7.26. The first kappa shape index (κ1) is 33.5. The molecule has 5 heterocycles. The first-order chi connectivity index (χ1) is 30.5. The molecule has 2 aliphatic heterocycles. The van der Waals surface area contributed by atoms with Crippen molar-refractivity contribution in [1.82, 2.24) is 9.05 Å². The zero-order valence-electron chi connectivity index (χ0n) is 35.3. The summed E-state index contributed by atoms with van der Waals surface area (Å²) in [6.45, 7) is 0.0968. The number of thiophene rings is 1. The summed E-state index contributed by atoms with van der Waals surface area (Å²) >= 11 is 1.98. The molecule has 8 fully saturated rings. The van der Waals surface area contributed by atoms with Crippen LogP contribution in [0.3, 0.4) is 0 Å². The molecule has 0 unspecified atom stereocenters. The Labute approximate surface area is 367 Å². The molecule has 0 N–H and O–H groups in total. The Morgan fingerprint density at radius 1 is 0.484 bits per heavy atom. The Morgan fingerprint density at radius 3 is 1.85 bits per heavy atom. The van der Waals surface area contributed by atoms with Gasteiger partial charge in [0.25, 0.3) is 0 Å². The molecule has 8 saturated carbocycles. The zero-order valence-corrected chi connectivity index (χ0v) is 36.1. The van der Waals surface area contributed by atoms with Gasteiger partial charge in [-0.1, -0.05) is 72.8 Å². The molecule has 19 rings (SSSR count). The van der Waals surface area contributed by atoms with Crippen LogP contribution in [-0.2, 0) is 10.8 Å². The lowest BCUT2D eigenvalue weighted by atomic mass is 9.45. The molecule has 0 saturated heterocycles. The average Bonchev–Trinajstić information content (AvgIpc) is 3.93. The molecular weight excluding hydrogens is 768 g/mol. The number of benzene rings is 6. The largest absolute Gasteiger partial charge is 0.375 e. The van der Waals surface area contributed by atoms with Crippen molar-refractivity contribution in [1.29, 1.82) is 0 Å². The van der Waals surface area contributed by atoms with Crippen molar-refractivity contribution in [2.75, 3.05) is 0 Å². The van der Waals surface area contributed by atoms with Gasteiger partial charge in [-0.05, 0) is 205 Å². The van der Waals surface area contributed by atoms with Gasteiger partial charge in [0.2, 0.25) is 0 Å². The zero-order chi connectivity index (χ0) is 39.8. The minimum Gasteiger partial charge on any atom is -0.375 e. The maximum Gasteiger partial charge on any atom is 0.333 e. The molecule has 62 heavy (non-hydrogen) atoms. The first-order valence-electron chi connectivity index (χ1n) is 24.4. The van der Waals surface area contributed by atoms with Crippen molar-refractivity contribution in [3.8, 4) is 27.9 Å². The van der Waals surface area contributed by atoms with E-state index >= 15 is 0 Å². The number of para-hydroxylation sites is 1. The van der Waals surface area contributed by atoms with Crippen LogP contribution in [-0.4, -0.2) is 15.9 Å². The van der Waals surface area contributed by atoms with E-state index in [0.29, 0.717) is 10.8 Å². The maximum atomic E-state index is 2.87. The van der Waals surface area contributed by atoms with Crippen LogP contribution in [0.15, 0.2) is 115 Å². The highest BCUT2D eigenvalue weighted by Gasteiger charge is 2.54. The number of aromatic nitrogens is 2. The SMILES string of the molecule is c1ccc(-c2cc3c4c(c2)-n2c5c(cccc5c5sc6ccccc6c52)B4n2c4ccc(C56CC7CC(CC(C7)C5)C6)cc4c4cc(C56CC7CC(CC(C7)C5)C6)cc-3c42)cc1. The molecule has 10 aliphatic rings. The predicted octanol–water partition coefficient (Wildman–Crippen LogP) is 13.7. The maximum absolute atomic E-state index is 2.87. The average molecular weight is 817 g/mol. The standard InChI is InChI=1S/C58H49BN2S/c1-2-7-38(8-3-1)39-21-45-47-25-41(58-29-35-18-36(30-58)20-37(19-35)31-58)24-46-44-23-40(57-26-32-15-33(27-57)17-34(16-32)28-57)13-14-49(44)61(53(46)47)59-48-11-6-10-43-54(48)60(50(22-39)52(45)59)55-42-9-4-5-12-51(42)62-56(43)55/h1-14,21-25,32-37H,15-20,26-31H2. The van der Waals surface area contributed by atoms with E-state index in [1.165, 1.54) is 169 Å². The summed E-state index contributed by atoms with van der Waals surface area (Å²) in [7, 11) is 0. The molecule has 6 aromatic carbocycles. The van der Waals surface area contributed by atoms with Crippen molar-refractivity contribution in [2.45, 2.75) is 87.9 Å². The Balaban J connectivity index is 1.02. The van der Waals surface area contributed by atoms with Gasteiger partial charge in [0.15, 0.2) is 0 Å². The summed E-state index contributed by atoms with van der Waals surface area (Å²) in [6.07, 6.45) is 17.3. The lowest BCUT2D eigenvalue weighted by Gasteiger charge is -2.57. The van der Waals surface area contributed by atoms with E-state index in [1.54, 1.807) is 11.1 Å². The molecule has 0 amide bonds.